The normalized spacial score (nSPS) is 14.9. The SMILES string of the molecule is Cc1ccc2c(c1)cc(CN(C(=S)NCc1ccco1)C1CCCCC1)c1nnnn12. The van der Waals surface area contributed by atoms with Crippen LogP contribution in [0.3, 0.4) is 0 Å². The van der Waals surface area contributed by atoms with E-state index in [1.165, 1.54) is 24.8 Å². The predicted molar refractivity (Wildman–Crippen MR) is 124 cm³/mol. The first-order valence-electron chi connectivity index (χ1n) is 10.9. The van der Waals surface area contributed by atoms with Crippen molar-refractivity contribution in [1.82, 2.24) is 30.3 Å². The Labute approximate surface area is 186 Å². The molecule has 0 bridgehead atoms. The number of nitrogens with zero attached hydrogens (tertiary/aromatic N) is 5. The Bertz CT molecular complexity index is 1200. The maximum Gasteiger partial charge on any atom is 0.184 e. The summed E-state index contributed by atoms with van der Waals surface area (Å²) in [4.78, 5) is 2.32. The van der Waals surface area contributed by atoms with Crippen LogP contribution in [0.15, 0.2) is 47.1 Å². The van der Waals surface area contributed by atoms with E-state index in [2.05, 4.69) is 56.9 Å². The third-order valence-corrected chi connectivity index (χ3v) is 6.49. The first kappa shape index (κ1) is 19.9. The number of hydrogen-bond acceptors (Lipinski definition) is 5. The minimum Gasteiger partial charge on any atom is -0.467 e. The fourth-order valence-corrected chi connectivity index (χ4v) is 4.81. The Morgan fingerprint density at radius 2 is 2.10 bits per heavy atom. The molecule has 31 heavy (non-hydrogen) atoms. The third kappa shape index (κ3) is 4.12. The van der Waals surface area contributed by atoms with Crippen LogP contribution in [-0.2, 0) is 13.1 Å². The second-order valence-corrected chi connectivity index (χ2v) is 8.69. The van der Waals surface area contributed by atoms with Crippen LogP contribution in [0, 0.1) is 6.92 Å². The average molecular weight is 435 g/mol. The number of furan rings is 1. The summed E-state index contributed by atoms with van der Waals surface area (Å²) in [7, 11) is 0. The summed E-state index contributed by atoms with van der Waals surface area (Å²) in [6.07, 6.45) is 7.75. The van der Waals surface area contributed by atoms with Gasteiger partial charge in [0.15, 0.2) is 10.8 Å². The number of pyridine rings is 1. The van der Waals surface area contributed by atoms with Gasteiger partial charge in [0.1, 0.15) is 5.76 Å². The molecule has 8 heteroatoms. The van der Waals surface area contributed by atoms with Crippen LogP contribution in [0.5, 0.6) is 0 Å². The van der Waals surface area contributed by atoms with Gasteiger partial charge in [0.2, 0.25) is 0 Å². The summed E-state index contributed by atoms with van der Waals surface area (Å²) < 4.78 is 7.30. The first-order chi connectivity index (χ1) is 15.2. The van der Waals surface area contributed by atoms with Gasteiger partial charge in [-0.15, -0.1) is 5.10 Å². The summed E-state index contributed by atoms with van der Waals surface area (Å²) in [6.45, 7) is 3.35. The lowest BCUT2D eigenvalue weighted by atomic mass is 9.94. The molecular formula is C23H26N6OS. The molecule has 0 amide bonds. The maximum absolute atomic E-state index is 5.86. The van der Waals surface area contributed by atoms with Gasteiger partial charge in [-0.2, -0.15) is 4.52 Å². The number of thiocarbonyl (C=S) groups is 1. The molecule has 1 saturated carbocycles. The molecule has 0 spiro atoms. The molecule has 3 aromatic heterocycles. The fraction of sp³-hybridized carbons (Fsp3) is 0.391. The smallest absolute Gasteiger partial charge is 0.184 e. The summed E-state index contributed by atoms with van der Waals surface area (Å²) >= 11 is 5.86. The van der Waals surface area contributed by atoms with Crippen LogP contribution in [0.4, 0.5) is 0 Å². The number of aryl methyl sites for hydroxylation is 1. The van der Waals surface area contributed by atoms with E-state index < -0.39 is 0 Å². The van der Waals surface area contributed by atoms with E-state index >= 15 is 0 Å². The molecular weight excluding hydrogens is 408 g/mol. The number of nitrogens with one attached hydrogen (secondary N) is 1. The number of rotatable bonds is 5. The minimum atomic E-state index is 0.412. The highest BCUT2D eigenvalue weighted by Gasteiger charge is 2.25. The van der Waals surface area contributed by atoms with Crippen LogP contribution in [0.1, 0.15) is 49.0 Å². The van der Waals surface area contributed by atoms with Crippen molar-refractivity contribution in [2.45, 2.75) is 58.2 Å². The van der Waals surface area contributed by atoms with Crippen molar-refractivity contribution in [3.63, 3.8) is 0 Å². The third-order valence-electron chi connectivity index (χ3n) is 6.11. The van der Waals surface area contributed by atoms with Crippen molar-refractivity contribution in [2.24, 2.45) is 0 Å². The van der Waals surface area contributed by atoms with Gasteiger partial charge in [-0.3, -0.25) is 0 Å². The Morgan fingerprint density at radius 3 is 2.90 bits per heavy atom. The molecule has 1 aliphatic rings. The van der Waals surface area contributed by atoms with Gasteiger partial charge in [-0.05, 0) is 72.7 Å². The zero-order valence-electron chi connectivity index (χ0n) is 17.6. The van der Waals surface area contributed by atoms with Crippen molar-refractivity contribution < 1.29 is 4.42 Å². The minimum absolute atomic E-state index is 0.412. The van der Waals surface area contributed by atoms with E-state index in [9.17, 15) is 0 Å². The second kappa shape index (κ2) is 8.63. The van der Waals surface area contributed by atoms with E-state index in [0.29, 0.717) is 19.1 Å². The number of aromatic nitrogens is 4. The lowest BCUT2D eigenvalue weighted by molar-refractivity contribution is 0.235. The van der Waals surface area contributed by atoms with Gasteiger partial charge in [-0.1, -0.05) is 30.9 Å². The van der Waals surface area contributed by atoms with Crippen molar-refractivity contribution in [3.8, 4) is 0 Å². The highest BCUT2D eigenvalue weighted by molar-refractivity contribution is 7.80. The maximum atomic E-state index is 5.86. The Morgan fingerprint density at radius 1 is 1.23 bits per heavy atom. The summed E-state index contributed by atoms with van der Waals surface area (Å²) in [5, 5.41) is 17.8. The predicted octanol–water partition coefficient (Wildman–Crippen LogP) is 4.39. The molecule has 7 nitrogen and oxygen atoms in total. The number of benzene rings is 1. The fourth-order valence-electron chi connectivity index (χ4n) is 4.52. The highest BCUT2D eigenvalue weighted by atomic mass is 32.1. The van der Waals surface area contributed by atoms with E-state index in [4.69, 9.17) is 16.6 Å². The largest absolute Gasteiger partial charge is 0.467 e. The van der Waals surface area contributed by atoms with Gasteiger partial charge in [-0.25, -0.2) is 0 Å². The zero-order chi connectivity index (χ0) is 21.2. The molecule has 160 valence electrons. The quantitative estimate of drug-likeness (QED) is 0.467. The molecule has 0 saturated heterocycles. The lowest BCUT2D eigenvalue weighted by Crippen LogP contribution is -2.46. The van der Waals surface area contributed by atoms with Gasteiger partial charge < -0.3 is 14.6 Å². The van der Waals surface area contributed by atoms with Crippen LogP contribution in [0.25, 0.3) is 16.6 Å². The Kier molecular flexibility index (Phi) is 5.55. The van der Waals surface area contributed by atoms with Gasteiger partial charge >= 0.3 is 0 Å². The molecule has 1 fully saturated rings. The number of fused-ring (bicyclic) bond motifs is 3. The van der Waals surface area contributed by atoms with Crippen LogP contribution < -0.4 is 5.32 Å². The monoisotopic (exact) mass is 434 g/mol. The first-order valence-corrected chi connectivity index (χ1v) is 11.3. The Balaban J connectivity index is 1.48. The highest BCUT2D eigenvalue weighted by Crippen LogP contribution is 2.27. The van der Waals surface area contributed by atoms with Crippen molar-refractivity contribution in [1.29, 1.82) is 0 Å². The zero-order valence-corrected chi connectivity index (χ0v) is 18.4. The van der Waals surface area contributed by atoms with E-state index in [0.717, 1.165) is 45.8 Å². The van der Waals surface area contributed by atoms with Gasteiger partial charge in [0.25, 0.3) is 0 Å². The average Bonchev–Trinajstić information content (AvgIpc) is 3.48. The van der Waals surface area contributed by atoms with Crippen LogP contribution in [-0.4, -0.2) is 36.1 Å². The summed E-state index contributed by atoms with van der Waals surface area (Å²) in [6, 6.07) is 12.8. The number of tetrazole rings is 1. The molecule has 4 aromatic rings. The standard InChI is InChI=1S/C23H26N6OS/c1-16-9-10-21-17(12-16)13-18(22-25-26-27-29(21)22)15-28(19-6-3-2-4-7-19)23(31)24-14-20-8-5-11-30-20/h5,8-13,19H,2-4,6-7,14-15H2,1H3,(H,24,31). The van der Waals surface area contributed by atoms with Crippen LogP contribution >= 0.6 is 12.2 Å². The second-order valence-electron chi connectivity index (χ2n) is 8.30. The van der Waals surface area contributed by atoms with E-state index in [1.807, 2.05) is 16.6 Å². The number of hydrogen-bond donors (Lipinski definition) is 1. The van der Waals surface area contributed by atoms with Gasteiger partial charge in [0.05, 0.1) is 18.3 Å². The van der Waals surface area contributed by atoms with Crippen molar-refractivity contribution >= 4 is 33.9 Å². The van der Waals surface area contributed by atoms with Gasteiger partial charge in [0, 0.05) is 23.5 Å². The van der Waals surface area contributed by atoms with Crippen LogP contribution in [0.2, 0.25) is 0 Å². The molecule has 1 N–H and O–H groups in total. The summed E-state index contributed by atoms with van der Waals surface area (Å²) in [5.41, 5.74) is 4.09. The van der Waals surface area contributed by atoms with Crippen molar-refractivity contribution in [2.75, 3.05) is 0 Å². The molecule has 5 rings (SSSR count). The molecule has 1 aromatic carbocycles. The van der Waals surface area contributed by atoms with E-state index in [1.54, 1.807) is 6.26 Å². The molecule has 0 atom stereocenters. The molecule has 0 aliphatic heterocycles. The molecule has 0 unspecified atom stereocenters. The Hall–Kier alpha value is -3.00. The summed E-state index contributed by atoms with van der Waals surface area (Å²) in [5.74, 6) is 0.871. The molecule has 1 aliphatic carbocycles. The lowest BCUT2D eigenvalue weighted by Gasteiger charge is -2.36. The van der Waals surface area contributed by atoms with E-state index in [-0.39, 0.29) is 0 Å². The molecule has 3 heterocycles. The topological polar surface area (TPSA) is 71.5 Å². The molecule has 0 radical (unpaired) electrons. The van der Waals surface area contributed by atoms with Crippen molar-refractivity contribution in [3.05, 3.63) is 59.5 Å².